The number of aromatic nitrogens is 4. The fourth-order valence-corrected chi connectivity index (χ4v) is 4.92. The van der Waals surface area contributed by atoms with Crippen molar-refractivity contribution in [2.45, 2.75) is 39.3 Å². The molecular formula is C23H29N7. The van der Waals surface area contributed by atoms with E-state index in [9.17, 15) is 0 Å². The molecule has 3 aromatic rings. The van der Waals surface area contributed by atoms with Gasteiger partial charge < -0.3 is 15.5 Å². The van der Waals surface area contributed by atoms with E-state index in [1.54, 1.807) is 18.7 Å². The van der Waals surface area contributed by atoms with Crippen LogP contribution in [0.1, 0.15) is 32.8 Å². The predicted molar refractivity (Wildman–Crippen MR) is 119 cm³/mol. The molecule has 2 N–H and O–H groups in total. The molecule has 2 aliphatic rings. The van der Waals surface area contributed by atoms with Crippen molar-refractivity contribution < 1.29 is 0 Å². The number of fused-ring (bicyclic) bond motifs is 1. The maximum atomic E-state index is 4.65. The molecule has 2 aromatic heterocycles. The van der Waals surface area contributed by atoms with Gasteiger partial charge in [0.1, 0.15) is 6.33 Å². The van der Waals surface area contributed by atoms with Gasteiger partial charge in [-0.05, 0) is 35.4 Å². The molecule has 3 heterocycles. The van der Waals surface area contributed by atoms with E-state index in [2.05, 4.69) is 68.4 Å². The third-order valence-corrected chi connectivity index (χ3v) is 6.46. The second kappa shape index (κ2) is 7.16. The maximum absolute atomic E-state index is 4.65. The lowest BCUT2D eigenvalue weighted by molar-refractivity contribution is 0.282. The van der Waals surface area contributed by atoms with E-state index < -0.39 is 0 Å². The summed E-state index contributed by atoms with van der Waals surface area (Å²) in [5.74, 6) is 1.69. The second-order valence-corrected chi connectivity index (χ2v) is 9.62. The standard InChI is InChI=1S/C23H29N7/c1-22(2,3)20-11-23(20)14-30(9-8-29-23)21-19(13-24-15-28-21)27-12-16-4-5-17-18(10-16)26-7-6-25-17/h4-7,10,13,15,20,27,29H,8-9,11-12,14H2,1-3H3. The molecule has 30 heavy (non-hydrogen) atoms. The van der Waals surface area contributed by atoms with E-state index in [1.165, 1.54) is 6.42 Å². The smallest absolute Gasteiger partial charge is 0.155 e. The SMILES string of the molecule is CC(C)(C)C1CC12CN(c1ncncc1NCc1ccc3nccnc3c1)CCN2. The summed E-state index contributed by atoms with van der Waals surface area (Å²) in [6.07, 6.45) is 8.21. The molecule has 156 valence electrons. The van der Waals surface area contributed by atoms with E-state index in [1.807, 2.05) is 12.3 Å². The number of hydrogen-bond donors (Lipinski definition) is 2. The lowest BCUT2D eigenvalue weighted by atomic mass is 9.86. The van der Waals surface area contributed by atoms with Crippen molar-refractivity contribution in [1.29, 1.82) is 0 Å². The van der Waals surface area contributed by atoms with Crippen LogP contribution in [-0.4, -0.2) is 45.1 Å². The first-order valence-electron chi connectivity index (χ1n) is 10.7. The van der Waals surface area contributed by atoms with Crippen LogP contribution in [0.15, 0.2) is 43.1 Å². The van der Waals surface area contributed by atoms with Crippen LogP contribution in [0.25, 0.3) is 11.0 Å². The molecule has 7 nitrogen and oxygen atoms in total. The Morgan fingerprint density at radius 3 is 2.80 bits per heavy atom. The van der Waals surface area contributed by atoms with Gasteiger partial charge in [0.25, 0.3) is 0 Å². The van der Waals surface area contributed by atoms with Crippen LogP contribution in [0, 0.1) is 11.3 Å². The molecule has 2 unspecified atom stereocenters. The van der Waals surface area contributed by atoms with Crippen LogP contribution in [0.3, 0.4) is 0 Å². The number of piperazine rings is 1. The van der Waals surface area contributed by atoms with Crippen LogP contribution >= 0.6 is 0 Å². The zero-order valence-electron chi connectivity index (χ0n) is 17.9. The summed E-state index contributed by atoms with van der Waals surface area (Å²) in [5, 5.41) is 7.35. The summed E-state index contributed by atoms with van der Waals surface area (Å²) in [4.78, 5) is 20.1. The van der Waals surface area contributed by atoms with Crippen molar-refractivity contribution >= 4 is 22.5 Å². The summed E-state index contributed by atoms with van der Waals surface area (Å²) in [6.45, 7) is 10.7. The maximum Gasteiger partial charge on any atom is 0.155 e. The highest BCUT2D eigenvalue weighted by molar-refractivity contribution is 5.74. The number of nitrogens with zero attached hydrogens (tertiary/aromatic N) is 5. The van der Waals surface area contributed by atoms with E-state index in [-0.39, 0.29) is 5.54 Å². The van der Waals surface area contributed by atoms with Crippen molar-refractivity contribution in [3.05, 3.63) is 48.7 Å². The van der Waals surface area contributed by atoms with E-state index >= 15 is 0 Å². The molecular weight excluding hydrogens is 374 g/mol. The molecule has 1 aliphatic carbocycles. The minimum atomic E-state index is 0.218. The number of anilines is 2. The molecule has 1 aliphatic heterocycles. The van der Waals surface area contributed by atoms with Gasteiger partial charge >= 0.3 is 0 Å². The number of hydrogen-bond acceptors (Lipinski definition) is 7. The van der Waals surface area contributed by atoms with Crippen LogP contribution in [0.2, 0.25) is 0 Å². The summed E-state index contributed by atoms with van der Waals surface area (Å²) in [6, 6.07) is 6.18. The lowest BCUT2D eigenvalue weighted by Crippen LogP contribution is -2.55. The van der Waals surface area contributed by atoms with Crippen molar-refractivity contribution in [2.75, 3.05) is 29.9 Å². The van der Waals surface area contributed by atoms with Gasteiger partial charge in [-0.2, -0.15) is 0 Å². The zero-order chi connectivity index (χ0) is 20.8. The molecule has 5 rings (SSSR count). The molecule has 7 heteroatoms. The highest BCUT2D eigenvalue weighted by atomic mass is 15.3. The van der Waals surface area contributed by atoms with E-state index in [4.69, 9.17) is 0 Å². The third-order valence-electron chi connectivity index (χ3n) is 6.46. The Balaban J connectivity index is 1.33. The average molecular weight is 404 g/mol. The highest BCUT2D eigenvalue weighted by Crippen LogP contribution is 2.55. The lowest BCUT2D eigenvalue weighted by Gasteiger charge is -2.38. The molecule has 2 atom stereocenters. The second-order valence-electron chi connectivity index (χ2n) is 9.62. The minimum Gasteiger partial charge on any atom is -0.377 e. The van der Waals surface area contributed by atoms with Gasteiger partial charge in [0.15, 0.2) is 5.82 Å². The van der Waals surface area contributed by atoms with Gasteiger partial charge in [-0.3, -0.25) is 9.97 Å². The number of rotatable bonds is 4. The summed E-state index contributed by atoms with van der Waals surface area (Å²) < 4.78 is 0. The Labute approximate surface area is 177 Å². The number of nitrogens with one attached hydrogen (secondary N) is 2. The van der Waals surface area contributed by atoms with Gasteiger partial charge in [0, 0.05) is 44.1 Å². The van der Waals surface area contributed by atoms with Crippen LogP contribution < -0.4 is 15.5 Å². The van der Waals surface area contributed by atoms with Crippen molar-refractivity contribution in [3.8, 4) is 0 Å². The van der Waals surface area contributed by atoms with Crippen molar-refractivity contribution in [2.24, 2.45) is 11.3 Å². The zero-order valence-corrected chi connectivity index (χ0v) is 17.9. The first kappa shape index (κ1) is 19.2. The average Bonchev–Trinajstić information content (AvgIpc) is 3.45. The normalized spacial score (nSPS) is 23.7. The Kier molecular flexibility index (Phi) is 4.58. The molecule has 1 saturated heterocycles. The molecule has 1 saturated carbocycles. The monoisotopic (exact) mass is 403 g/mol. The first-order chi connectivity index (χ1) is 14.4. The van der Waals surface area contributed by atoms with Crippen LogP contribution in [0.4, 0.5) is 11.5 Å². The van der Waals surface area contributed by atoms with Gasteiger partial charge in [0.05, 0.1) is 22.9 Å². The highest BCUT2D eigenvalue weighted by Gasteiger charge is 2.60. The molecule has 0 radical (unpaired) electrons. The van der Waals surface area contributed by atoms with Gasteiger partial charge in [-0.1, -0.05) is 26.8 Å². The Hall–Kier alpha value is -2.80. The minimum absolute atomic E-state index is 0.218. The number of benzene rings is 1. The largest absolute Gasteiger partial charge is 0.377 e. The van der Waals surface area contributed by atoms with Crippen molar-refractivity contribution in [1.82, 2.24) is 25.3 Å². The van der Waals surface area contributed by atoms with E-state index in [0.29, 0.717) is 17.9 Å². The van der Waals surface area contributed by atoms with E-state index in [0.717, 1.165) is 47.7 Å². The molecule has 1 spiro atoms. The fraction of sp³-hybridized carbons (Fsp3) is 0.478. The molecule has 1 aromatic carbocycles. The Bertz CT molecular complexity index is 1060. The fourth-order valence-electron chi connectivity index (χ4n) is 4.92. The topological polar surface area (TPSA) is 78.9 Å². The Morgan fingerprint density at radius 1 is 1.17 bits per heavy atom. The first-order valence-corrected chi connectivity index (χ1v) is 10.7. The van der Waals surface area contributed by atoms with Gasteiger partial charge in [-0.25, -0.2) is 9.97 Å². The van der Waals surface area contributed by atoms with Gasteiger partial charge in [0.2, 0.25) is 0 Å². The summed E-state index contributed by atoms with van der Waals surface area (Å²) in [7, 11) is 0. The van der Waals surface area contributed by atoms with Crippen molar-refractivity contribution in [3.63, 3.8) is 0 Å². The Morgan fingerprint density at radius 2 is 2.00 bits per heavy atom. The van der Waals surface area contributed by atoms with Crippen LogP contribution in [0.5, 0.6) is 0 Å². The molecule has 0 amide bonds. The molecule has 0 bridgehead atoms. The predicted octanol–water partition coefficient (Wildman–Crippen LogP) is 3.25. The summed E-state index contributed by atoms with van der Waals surface area (Å²) >= 11 is 0. The molecule has 2 fully saturated rings. The van der Waals surface area contributed by atoms with Crippen LogP contribution in [-0.2, 0) is 6.54 Å². The third kappa shape index (κ3) is 3.58. The summed E-state index contributed by atoms with van der Waals surface area (Å²) in [5.41, 5.74) is 4.49. The quantitative estimate of drug-likeness (QED) is 0.692. The van der Waals surface area contributed by atoms with Gasteiger partial charge in [-0.15, -0.1) is 0 Å².